The Labute approximate surface area is 355 Å². The van der Waals surface area contributed by atoms with E-state index in [1.807, 2.05) is 66.9 Å². The van der Waals surface area contributed by atoms with Crippen molar-refractivity contribution in [3.63, 3.8) is 0 Å². The number of fused-ring (bicyclic) bond motifs is 6. The third kappa shape index (κ3) is 6.09. The van der Waals surface area contributed by atoms with Crippen LogP contribution >= 0.6 is 0 Å². The van der Waals surface area contributed by atoms with E-state index >= 15 is 0 Å². The zero-order chi connectivity index (χ0) is 41.0. The van der Waals surface area contributed by atoms with Crippen LogP contribution < -0.4 is 0 Å². The van der Waals surface area contributed by atoms with Crippen LogP contribution in [0.4, 0.5) is 0 Å². The van der Waals surface area contributed by atoms with Crippen molar-refractivity contribution >= 4 is 44.0 Å². The van der Waals surface area contributed by atoms with Gasteiger partial charge in [0, 0.05) is 50.5 Å². The van der Waals surface area contributed by atoms with Crippen LogP contribution in [0.15, 0.2) is 205 Å². The second-order valence-corrected chi connectivity index (χ2v) is 15.2. The minimum absolute atomic E-state index is 0.509. The zero-order valence-electron chi connectivity index (χ0n) is 33.1. The number of rotatable bonds is 7. The largest absolute Gasteiger partial charge is 0.434 e. The number of para-hydroxylation sites is 2. The maximum absolute atomic E-state index is 6.38. The Morgan fingerprint density at radius 2 is 0.919 bits per heavy atom. The molecule has 0 bridgehead atoms. The van der Waals surface area contributed by atoms with Crippen LogP contribution in [0.5, 0.6) is 0 Å². The lowest BCUT2D eigenvalue weighted by molar-refractivity contribution is 0.652. The second kappa shape index (κ2) is 14.6. The van der Waals surface area contributed by atoms with Crippen molar-refractivity contribution in [2.24, 2.45) is 0 Å². The highest BCUT2D eigenvalue weighted by Crippen LogP contribution is 2.37. The predicted molar refractivity (Wildman–Crippen MR) is 247 cm³/mol. The standard InChI is InChI=1S/C54H33N7O/c1-3-13-34(14-4-1)38-17-11-18-39(29-38)41-31-45-49-50(62-54(45)55-32-41)48(56-33-57-49)35-25-27-37(28-26-35)52-58-51(36-15-5-2-6-16-36)59-53(60-52)40-19-12-20-42(30-40)61-46-23-9-7-21-43(46)44-22-8-10-24-47(44)61/h1-33H. The molecule has 0 spiro atoms. The fraction of sp³-hybridized carbons (Fsp3) is 0. The van der Waals surface area contributed by atoms with E-state index in [2.05, 4.69) is 137 Å². The topological polar surface area (TPSA) is 95.4 Å². The third-order valence-electron chi connectivity index (χ3n) is 11.4. The first-order chi connectivity index (χ1) is 30.7. The third-order valence-corrected chi connectivity index (χ3v) is 11.4. The van der Waals surface area contributed by atoms with Crippen molar-refractivity contribution in [1.29, 1.82) is 0 Å². The van der Waals surface area contributed by atoms with E-state index in [1.165, 1.54) is 10.8 Å². The van der Waals surface area contributed by atoms with Gasteiger partial charge in [0.05, 0.1) is 16.4 Å². The van der Waals surface area contributed by atoms with Gasteiger partial charge in [0.1, 0.15) is 17.5 Å². The number of pyridine rings is 1. The average Bonchev–Trinajstić information content (AvgIpc) is 3.90. The summed E-state index contributed by atoms with van der Waals surface area (Å²) in [6, 6.07) is 64.5. The molecular formula is C54H33N7O. The highest BCUT2D eigenvalue weighted by molar-refractivity contribution is 6.09. The Morgan fingerprint density at radius 3 is 1.63 bits per heavy atom. The van der Waals surface area contributed by atoms with E-state index in [4.69, 9.17) is 29.3 Å². The van der Waals surface area contributed by atoms with Crippen molar-refractivity contribution in [3.8, 4) is 73.4 Å². The minimum atomic E-state index is 0.509. The Hall–Kier alpha value is -8.62. The van der Waals surface area contributed by atoms with Crippen LogP contribution in [0.2, 0.25) is 0 Å². The van der Waals surface area contributed by atoms with Gasteiger partial charge in [-0.1, -0.05) is 152 Å². The molecule has 0 atom stereocenters. The molecule has 0 radical (unpaired) electrons. The lowest BCUT2D eigenvalue weighted by Gasteiger charge is -2.11. The average molecular weight is 796 g/mol. The van der Waals surface area contributed by atoms with Gasteiger partial charge in [-0.3, -0.25) is 0 Å². The fourth-order valence-electron chi connectivity index (χ4n) is 8.45. The summed E-state index contributed by atoms with van der Waals surface area (Å²) in [6.07, 6.45) is 3.44. The first-order valence-corrected chi connectivity index (χ1v) is 20.4. The zero-order valence-corrected chi connectivity index (χ0v) is 33.1. The van der Waals surface area contributed by atoms with Crippen molar-refractivity contribution in [3.05, 3.63) is 201 Å². The number of furan rings is 1. The molecule has 0 aliphatic heterocycles. The summed E-state index contributed by atoms with van der Waals surface area (Å²) in [4.78, 5) is 29.3. The molecule has 8 heteroatoms. The van der Waals surface area contributed by atoms with Gasteiger partial charge in [0.15, 0.2) is 23.1 Å². The molecule has 0 aliphatic rings. The van der Waals surface area contributed by atoms with Gasteiger partial charge in [-0.25, -0.2) is 29.9 Å². The fourth-order valence-corrected chi connectivity index (χ4v) is 8.45. The molecule has 290 valence electrons. The summed E-state index contributed by atoms with van der Waals surface area (Å²) in [7, 11) is 0. The Bertz CT molecular complexity index is 3580. The molecule has 0 fully saturated rings. The van der Waals surface area contributed by atoms with E-state index in [1.54, 1.807) is 6.33 Å². The highest BCUT2D eigenvalue weighted by atomic mass is 16.3. The van der Waals surface area contributed by atoms with Crippen LogP contribution in [-0.2, 0) is 0 Å². The quantitative estimate of drug-likeness (QED) is 0.158. The van der Waals surface area contributed by atoms with Gasteiger partial charge in [0.25, 0.3) is 0 Å². The molecule has 62 heavy (non-hydrogen) atoms. The van der Waals surface area contributed by atoms with E-state index in [0.717, 1.165) is 66.6 Å². The van der Waals surface area contributed by atoms with Crippen molar-refractivity contribution in [2.75, 3.05) is 0 Å². The molecule has 0 aliphatic carbocycles. The van der Waals surface area contributed by atoms with E-state index in [9.17, 15) is 0 Å². The Morgan fingerprint density at radius 1 is 0.371 bits per heavy atom. The number of aromatic nitrogens is 7. The van der Waals surface area contributed by atoms with Crippen LogP contribution in [-0.4, -0.2) is 34.5 Å². The molecule has 8 nitrogen and oxygen atoms in total. The monoisotopic (exact) mass is 795 g/mol. The van der Waals surface area contributed by atoms with Gasteiger partial charge in [0.2, 0.25) is 5.71 Å². The maximum atomic E-state index is 6.38. The predicted octanol–water partition coefficient (Wildman–Crippen LogP) is 13.1. The van der Waals surface area contributed by atoms with E-state index in [0.29, 0.717) is 40.0 Å². The highest BCUT2D eigenvalue weighted by Gasteiger charge is 2.19. The number of hydrogen-bond donors (Lipinski definition) is 0. The van der Waals surface area contributed by atoms with E-state index in [-0.39, 0.29) is 0 Å². The summed E-state index contributed by atoms with van der Waals surface area (Å²) in [5, 5.41) is 3.25. The van der Waals surface area contributed by atoms with Gasteiger partial charge < -0.3 is 8.98 Å². The normalized spacial score (nSPS) is 11.5. The second-order valence-electron chi connectivity index (χ2n) is 15.2. The maximum Gasteiger partial charge on any atom is 0.229 e. The van der Waals surface area contributed by atoms with Crippen molar-refractivity contribution < 1.29 is 4.42 Å². The lowest BCUT2D eigenvalue weighted by atomic mass is 9.99. The molecule has 5 heterocycles. The number of nitrogens with zero attached hydrogens (tertiary/aromatic N) is 7. The number of benzene rings is 7. The Balaban J connectivity index is 0.918. The first-order valence-electron chi connectivity index (χ1n) is 20.4. The van der Waals surface area contributed by atoms with Crippen LogP contribution in [0.25, 0.3) is 117 Å². The molecule has 0 amide bonds. The Kier molecular flexibility index (Phi) is 8.31. The summed E-state index contributed by atoms with van der Waals surface area (Å²) in [5.74, 6) is 1.74. The van der Waals surface area contributed by atoms with Crippen molar-refractivity contribution in [2.45, 2.75) is 0 Å². The summed E-state index contributed by atoms with van der Waals surface area (Å²) in [5.41, 5.74) is 13.6. The van der Waals surface area contributed by atoms with E-state index < -0.39 is 0 Å². The number of hydrogen-bond acceptors (Lipinski definition) is 7. The van der Waals surface area contributed by atoms with Gasteiger partial charge in [-0.2, -0.15) is 0 Å². The molecule has 0 N–H and O–H groups in total. The van der Waals surface area contributed by atoms with Gasteiger partial charge in [-0.05, 0) is 53.1 Å². The molecule has 7 aromatic carbocycles. The van der Waals surface area contributed by atoms with Gasteiger partial charge >= 0.3 is 0 Å². The van der Waals surface area contributed by atoms with Crippen LogP contribution in [0.3, 0.4) is 0 Å². The lowest BCUT2D eigenvalue weighted by Crippen LogP contribution is -2.01. The molecular weight excluding hydrogens is 763 g/mol. The summed E-state index contributed by atoms with van der Waals surface area (Å²) < 4.78 is 8.68. The molecule has 0 saturated heterocycles. The SMILES string of the molecule is c1ccc(-c2cccc(-c3cnc4oc5c(-c6ccc(-c7nc(-c8ccccc8)nc(-c8cccc(-n9c%10ccccc%10c%10ccccc%109)c8)n7)cc6)ncnc5c4c3)c2)cc1. The summed E-state index contributed by atoms with van der Waals surface area (Å²) in [6.45, 7) is 0. The smallest absolute Gasteiger partial charge is 0.229 e. The first kappa shape index (κ1) is 35.3. The molecule has 12 rings (SSSR count). The van der Waals surface area contributed by atoms with Crippen LogP contribution in [0.1, 0.15) is 0 Å². The molecule has 0 saturated carbocycles. The van der Waals surface area contributed by atoms with Crippen LogP contribution in [0, 0.1) is 0 Å². The summed E-state index contributed by atoms with van der Waals surface area (Å²) >= 11 is 0. The van der Waals surface area contributed by atoms with Crippen molar-refractivity contribution in [1.82, 2.24) is 34.5 Å². The van der Waals surface area contributed by atoms with Gasteiger partial charge in [-0.15, -0.1) is 0 Å². The molecule has 12 aromatic rings. The molecule has 0 unspecified atom stereocenters. The minimum Gasteiger partial charge on any atom is -0.434 e. The molecule has 5 aromatic heterocycles.